The van der Waals surface area contributed by atoms with Crippen LogP contribution in [0.1, 0.15) is 82.3 Å². The first kappa shape index (κ1) is 54.4. The number of nitrogens with two attached hydrogens (primary N) is 2. The number of nitrogens with zero attached hydrogens (tertiary/aromatic N) is 13. The third-order valence-corrected chi connectivity index (χ3v) is 11.7. The van der Waals surface area contributed by atoms with E-state index < -0.39 is 18.1 Å². The second-order valence-electron chi connectivity index (χ2n) is 16.4. The van der Waals surface area contributed by atoms with Crippen LogP contribution < -0.4 is 26.6 Å². The molecule has 0 saturated carbocycles. The highest BCUT2D eigenvalue weighted by molar-refractivity contribution is 5.85. The van der Waals surface area contributed by atoms with Gasteiger partial charge in [-0.1, -0.05) is 36.6 Å². The molecular weight excluding hydrogens is 888 g/mol. The van der Waals surface area contributed by atoms with Crippen molar-refractivity contribution in [2.75, 3.05) is 127 Å². The molecular formula is C43H71ClN16O7. The molecule has 5 heterocycles. The number of amides is 2. The number of carbonyl (C=O) groups excluding carboxylic acids is 2. The summed E-state index contributed by atoms with van der Waals surface area (Å²) in [6.07, 6.45) is 14.3. The Kier molecular flexibility index (Phi) is 23.9. The molecule has 2 fully saturated rings. The van der Waals surface area contributed by atoms with Crippen LogP contribution in [0.25, 0.3) is 0 Å². The maximum atomic E-state index is 14.2. The summed E-state index contributed by atoms with van der Waals surface area (Å²) in [6, 6.07) is -1.07. The van der Waals surface area contributed by atoms with Crippen LogP contribution in [0.3, 0.4) is 0 Å². The summed E-state index contributed by atoms with van der Waals surface area (Å²) in [6.45, 7) is 11.7. The molecule has 0 bridgehead atoms. The summed E-state index contributed by atoms with van der Waals surface area (Å²) in [5.74, 6) is 2.81. The first-order valence-electron chi connectivity index (χ1n) is 23.3. The standard InChI is InChI=1S/C43H70N16O7.ClH/c1-4-25-64-27-29-66-30-28-65-26-16-46-41-47-42(56-21-17-54(18-22-56)39(62)36(11-7-9-15-45)58-31-35(51-52-58)12-13-37(60)61)49-43(48-41)57-23-19-55(20-24-57)40(63)38(33(3)5-2)59-32-34(50-53-59)10-6-8-14-44;/h1,31-33,36,38H,5-30,44-45H2,2-3H3,(H,60,61)(H,46,47,48,49);1H/t33-,36-,38-;/m0./s1. The van der Waals surface area contributed by atoms with E-state index in [1.54, 1.807) is 15.6 Å². The molecule has 3 aromatic heterocycles. The van der Waals surface area contributed by atoms with Gasteiger partial charge in [0.05, 0.1) is 50.8 Å². The number of hydrogen-bond acceptors (Lipinski definition) is 18. The quantitative estimate of drug-likeness (QED) is 0.0532. The molecule has 0 aliphatic carbocycles. The monoisotopic (exact) mass is 959 g/mol. The molecule has 2 aliphatic rings. The highest BCUT2D eigenvalue weighted by atomic mass is 35.5. The van der Waals surface area contributed by atoms with Gasteiger partial charge in [0.15, 0.2) is 0 Å². The molecule has 23 nitrogen and oxygen atoms in total. The topological polar surface area (TPSA) is 276 Å². The van der Waals surface area contributed by atoms with E-state index in [0.717, 1.165) is 44.2 Å². The number of aliphatic carboxylic acids is 1. The van der Waals surface area contributed by atoms with Gasteiger partial charge in [-0.05, 0) is 57.5 Å². The molecule has 24 heteroatoms. The number of piperazine rings is 2. The zero-order valence-electron chi connectivity index (χ0n) is 39.1. The molecule has 0 aromatic carbocycles. The Morgan fingerprint density at radius 3 is 1.91 bits per heavy atom. The summed E-state index contributed by atoms with van der Waals surface area (Å²) in [5, 5.41) is 29.6. The second-order valence-corrected chi connectivity index (χ2v) is 16.4. The van der Waals surface area contributed by atoms with Crippen molar-refractivity contribution >= 4 is 48.0 Å². The normalized spacial score (nSPS) is 15.4. The van der Waals surface area contributed by atoms with E-state index in [1.165, 1.54) is 0 Å². The van der Waals surface area contributed by atoms with Crippen LogP contribution in [0.5, 0.6) is 0 Å². The van der Waals surface area contributed by atoms with Gasteiger partial charge in [-0.15, -0.1) is 29.0 Å². The molecule has 6 N–H and O–H groups in total. The number of rotatable bonds is 30. The van der Waals surface area contributed by atoms with Crippen LogP contribution in [0.2, 0.25) is 0 Å². The Hall–Kier alpha value is -5.25. The lowest BCUT2D eigenvalue weighted by Gasteiger charge is -2.38. The lowest BCUT2D eigenvalue weighted by molar-refractivity contribution is -0.137. The van der Waals surface area contributed by atoms with E-state index in [9.17, 15) is 14.4 Å². The number of carbonyl (C=O) groups is 3. The summed E-state index contributed by atoms with van der Waals surface area (Å²) in [4.78, 5) is 61.8. The number of aryl methyl sites for hydroxylation is 2. The van der Waals surface area contributed by atoms with Gasteiger partial charge in [-0.3, -0.25) is 14.4 Å². The van der Waals surface area contributed by atoms with Crippen LogP contribution in [-0.2, 0) is 41.4 Å². The molecule has 2 aliphatic heterocycles. The van der Waals surface area contributed by atoms with E-state index in [0.29, 0.717) is 135 Å². The SMILES string of the molecule is C#CCOCCOCCOCCNc1nc(N2CCN(C(=O)[C@H]([C@@H](C)CC)n3cc(CCCCN)nn3)CC2)nc(N2CCN(C(=O)[C@H](CCCCN)n3cc(CCC(=O)O)nn3)CC2)n1.Cl. The molecule has 0 radical (unpaired) electrons. The van der Waals surface area contributed by atoms with Crippen LogP contribution in [0, 0.1) is 18.3 Å². The summed E-state index contributed by atoms with van der Waals surface area (Å²) in [5.41, 5.74) is 12.8. The third-order valence-electron chi connectivity index (χ3n) is 11.7. The zero-order chi connectivity index (χ0) is 47.1. The Morgan fingerprint density at radius 2 is 1.31 bits per heavy atom. The number of aromatic nitrogens is 9. The first-order valence-corrected chi connectivity index (χ1v) is 23.3. The number of carboxylic acid groups (broad SMARTS) is 1. The first-order chi connectivity index (χ1) is 32.1. The number of ether oxygens (including phenoxy) is 3. The smallest absolute Gasteiger partial charge is 0.303 e. The fourth-order valence-corrected chi connectivity index (χ4v) is 7.69. The minimum absolute atomic E-state index is 0. The van der Waals surface area contributed by atoms with Crippen molar-refractivity contribution in [2.24, 2.45) is 17.4 Å². The highest BCUT2D eigenvalue weighted by Crippen LogP contribution is 2.26. The Balaban J connectivity index is 0.00000980. The third kappa shape index (κ3) is 17.1. The number of unbranched alkanes of at least 4 members (excludes halogenated alkanes) is 2. The highest BCUT2D eigenvalue weighted by Gasteiger charge is 2.35. The van der Waals surface area contributed by atoms with E-state index >= 15 is 0 Å². The Bertz CT molecular complexity index is 1970. The van der Waals surface area contributed by atoms with Crippen LogP contribution >= 0.6 is 12.4 Å². The molecule has 5 rings (SSSR count). The molecule has 2 amide bonds. The van der Waals surface area contributed by atoms with Gasteiger partial charge in [0.25, 0.3) is 0 Å². The molecule has 3 aromatic rings. The minimum atomic E-state index is -0.925. The number of halogens is 1. The van der Waals surface area contributed by atoms with Gasteiger partial charge < -0.3 is 55.7 Å². The molecule has 2 saturated heterocycles. The summed E-state index contributed by atoms with van der Waals surface area (Å²) < 4.78 is 19.8. The maximum absolute atomic E-state index is 14.2. The van der Waals surface area contributed by atoms with E-state index in [4.69, 9.17) is 52.2 Å². The van der Waals surface area contributed by atoms with Crippen molar-refractivity contribution < 1.29 is 33.7 Å². The van der Waals surface area contributed by atoms with E-state index in [2.05, 4.69) is 50.6 Å². The molecule has 372 valence electrons. The predicted octanol–water partition coefficient (Wildman–Crippen LogP) is 0.825. The van der Waals surface area contributed by atoms with E-state index in [-0.39, 0.29) is 49.6 Å². The average Bonchev–Trinajstić information content (AvgIpc) is 4.01. The van der Waals surface area contributed by atoms with Crippen molar-refractivity contribution in [1.29, 1.82) is 0 Å². The average molecular weight is 960 g/mol. The largest absolute Gasteiger partial charge is 0.481 e. The van der Waals surface area contributed by atoms with Crippen LogP contribution in [0.15, 0.2) is 12.4 Å². The van der Waals surface area contributed by atoms with Crippen molar-refractivity contribution in [2.45, 2.75) is 83.7 Å². The van der Waals surface area contributed by atoms with Gasteiger partial charge >= 0.3 is 5.97 Å². The van der Waals surface area contributed by atoms with Crippen molar-refractivity contribution in [3.63, 3.8) is 0 Å². The van der Waals surface area contributed by atoms with Gasteiger partial charge in [0.2, 0.25) is 29.7 Å². The van der Waals surface area contributed by atoms with Gasteiger partial charge in [-0.2, -0.15) is 15.0 Å². The number of nitrogens with one attached hydrogen (secondary N) is 1. The van der Waals surface area contributed by atoms with Crippen molar-refractivity contribution in [1.82, 2.24) is 54.7 Å². The lowest BCUT2D eigenvalue weighted by atomic mass is 9.97. The molecule has 0 spiro atoms. The fraction of sp³-hybridized carbons (Fsp3) is 0.721. The molecule has 67 heavy (non-hydrogen) atoms. The van der Waals surface area contributed by atoms with Crippen LogP contribution in [0.4, 0.5) is 17.8 Å². The Labute approximate surface area is 399 Å². The van der Waals surface area contributed by atoms with Crippen molar-refractivity contribution in [3.8, 4) is 12.3 Å². The van der Waals surface area contributed by atoms with E-state index in [1.807, 2.05) is 20.9 Å². The van der Waals surface area contributed by atoms with Crippen molar-refractivity contribution in [3.05, 3.63) is 23.8 Å². The van der Waals surface area contributed by atoms with Crippen LogP contribution in [-0.4, -0.2) is 189 Å². The summed E-state index contributed by atoms with van der Waals surface area (Å²) >= 11 is 0. The minimum Gasteiger partial charge on any atom is -0.481 e. The fourth-order valence-electron chi connectivity index (χ4n) is 7.69. The summed E-state index contributed by atoms with van der Waals surface area (Å²) in [7, 11) is 0. The number of terminal acetylenes is 1. The van der Waals surface area contributed by atoms with Gasteiger partial charge in [-0.25, -0.2) is 9.36 Å². The number of anilines is 3. The molecule has 3 atom stereocenters. The Morgan fingerprint density at radius 1 is 0.761 bits per heavy atom. The zero-order valence-corrected chi connectivity index (χ0v) is 39.9. The van der Waals surface area contributed by atoms with Gasteiger partial charge in [0, 0.05) is 77.7 Å². The molecule has 0 unspecified atom stereocenters. The van der Waals surface area contributed by atoms with Gasteiger partial charge in [0.1, 0.15) is 18.7 Å². The number of hydrogen-bond donors (Lipinski definition) is 4. The number of carboxylic acids is 1. The predicted molar refractivity (Wildman–Crippen MR) is 253 cm³/mol. The maximum Gasteiger partial charge on any atom is 0.303 e. The second kappa shape index (κ2) is 29.5. The lowest BCUT2D eigenvalue weighted by Crippen LogP contribution is -2.52.